The largest absolute Gasteiger partial charge is 0.361 e. The quantitative estimate of drug-likeness (QED) is 0.787. The molecule has 0 amide bonds. The van der Waals surface area contributed by atoms with Crippen molar-refractivity contribution in [1.82, 2.24) is 0 Å². The predicted molar refractivity (Wildman–Crippen MR) is 74.6 cm³/mol. The smallest absolute Gasteiger partial charge is 0.0835 e. The minimum atomic E-state index is 0.523. The number of benzene rings is 2. The highest BCUT2D eigenvalue weighted by Crippen LogP contribution is 2.43. The van der Waals surface area contributed by atoms with Gasteiger partial charge >= 0.3 is 0 Å². The van der Waals surface area contributed by atoms with Crippen LogP contribution >= 0.6 is 11.8 Å². The van der Waals surface area contributed by atoms with Crippen molar-refractivity contribution in [2.45, 2.75) is 16.7 Å². The molecule has 0 spiro atoms. The first-order chi connectivity index (χ1) is 8.34. The molecule has 0 N–H and O–H groups in total. The third-order valence-corrected chi connectivity index (χ3v) is 4.55. The van der Waals surface area contributed by atoms with Crippen molar-refractivity contribution in [3.05, 3.63) is 60.2 Å². The Morgan fingerprint density at radius 1 is 1.00 bits per heavy atom. The number of hydrogen-bond donors (Lipinski definition) is 0. The molecule has 0 aliphatic carbocycles. The van der Waals surface area contributed by atoms with Crippen LogP contribution < -0.4 is 4.90 Å². The first kappa shape index (κ1) is 10.7. The van der Waals surface area contributed by atoms with Crippen molar-refractivity contribution in [1.29, 1.82) is 0 Å². The summed E-state index contributed by atoms with van der Waals surface area (Å²) in [6.45, 7) is 0. The number of likely N-dealkylation sites (N-methyl/N-ethyl adjacent to an activating group) is 1. The SMILES string of the molecule is CN1c2ccccc2S[C@H]1Cc1ccccc1. The second-order valence-corrected chi connectivity index (χ2v) is 5.56. The third-order valence-electron chi connectivity index (χ3n) is 3.19. The van der Waals surface area contributed by atoms with E-state index in [-0.39, 0.29) is 0 Å². The molecule has 1 aliphatic heterocycles. The average molecular weight is 241 g/mol. The molecule has 0 aromatic heterocycles. The second kappa shape index (κ2) is 4.46. The summed E-state index contributed by atoms with van der Waals surface area (Å²) in [5, 5.41) is 0.523. The molecule has 1 nitrogen and oxygen atoms in total. The maximum Gasteiger partial charge on any atom is 0.0835 e. The van der Waals surface area contributed by atoms with Gasteiger partial charge in [-0.25, -0.2) is 0 Å². The molecule has 2 aromatic rings. The molecule has 0 saturated heterocycles. The Morgan fingerprint density at radius 3 is 2.47 bits per heavy atom. The van der Waals surface area contributed by atoms with Crippen LogP contribution in [0.5, 0.6) is 0 Å². The Kier molecular flexibility index (Phi) is 2.81. The Hall–Kier alpha value is -1.41. The van der Waals surface area contributed by atoms with Gasteiger partial charge in [0.25, 0.3) is 0 Å². The van der Waals surface area contributed by atoms with Gasteiger partial charge in [-0.1, -0.05) is 54.2 Å². The van der Waals surface area contributed by atoms with E-state index < -0.39 is 0 Å². The molecule has 0 saturated carbocycles. The summed E-state index contributed by atoms with van der Waals surface area (Å²) in [6.07, 6.45) is 1.09. The van der Waals surface area contributed by atoms with Crippen LogP contribution in [-0.2, 0) is 6.42 Å². The predicted octanol–water partition coefficient (Wildman–Crippen LogP) is 3.80. The zero-order chi connectivity index (χ0) is 11.7. The van der Waals surface area contributed by atoms with Crippen molar-refractivity contribution >= 4 is 17.4 Å². The van der Waals surface area contributed by atoms with Gasteiger partial charge < -0.3 is 4.90 Å². The van der Waals surface area contributed by atoms with Crippen molar-refractivity contribution in [2.75, 3.05) is 11.9 Å². The number of nitrogens with zero attached hydrogens (tertiary/aromatic N) is 1. The summed E-state index contributed by atoms with van der Waals surface area (Å²) >= 11 is 1.97. The van der Waals surface area contributed by atoms with Gasteiger partial charge in [0.05, 0.1) is 11.1 Å². The first-order valence-corrected chi connectivity index (χ1v) is 6.75. The molecular formula is C15H15NS. The second-order valence-electron chi connectivity index (χ2n) is 4.34. The van der Waals surface area contributed by atoms with Crippen LogP contribution in [0.1, 0.15) is 5.56 Å². The van der Waals surface area contributed by atoms with Crippen molar-refractivity contribution in [2.24, 2.45) is 0 Å². The highest BCUT2D eigenvalue weighted by Gasteiger charge is 2.26. The number of rotatable bonds is 2. The monoisotopic (exact) mass is 241 g/mol. The Morgan fingerprint density at radius 2 is 1.71 bits per heavy atom. The third kappa shape index (κ3) is 2.05. The van der Waals surface area contributed by atoms with Crippen LogP contribution in [-0.4, -0.2) is 12.4 Å². The number of thioether (sulfide) groups is 1. The molecule has 0 bridgehead atoms. The van der Waals surface area contributed by atoms with Gasteiger partial charge in [-0.3, -0.25) is 0 Å². The van der Waals surface area contributed by atoms with Gasteiger partial charge in [0.15, 0.2) is 0 Å². The number of para-hydroxylation sites is 1. The summed E-state index contributed by atoms with van der Waals surface area (Å²) < 4.78 is 0. The van der Waals surface area contributed by atoms with E-state index in [0.29, 0.717) is 5.37 Å². The average Bonchev–Trinajstić information content (AvgIpc) is 2.68. The molecule has 2 heteroatoms. The van der Waals surface area contributed by atoms with Gasteiger partial charge in [0.2, 0.25) is 0 Å². The van der Waals surface area contributed by atoms with E-state index in [1.54, 1.807) is 0 Å². The van der Waals surface area contributed by atoms with Crippen LogP contribution in [0.4, 0.5) is 5.69 Å². The molecule has 2 aromatic carbocycles. The topological polar surface area (TPSA) is 3.24 Å². The number of anilines is 1. The lowest BCUT2D eigenvalue weighted by atomic mass is 10.1. The standard InChI is InChI=1S/C15H15NS/c1-16-13-9-5-6-10-14(13)17-15(16)11-12-7-3-2-4-8-12/h2-10,15H,11H2,1H3/t15-/m0/s1. The van der Waals surface area contributed by atoms with Crippen LogP contribution in [0.2, 0.25) is 0 Å². The lowest BCUT2D eigenvalue weighted by Crippen LogP contribution is -2.26. The van der Waals surface area contributed by atoms with E-state index in [9.17, 15) is 0 Å². The molecule has 0 radical (unpaired) electrons. The van der Waals surface area contributed by atoms with Gasteiger partial charge in [0, 0.05) is 18.4 Å². The fourth-order valence-electron chi connectivity index (χ4n) is 2.22. The van der Waals surface area contributed by atoms with E-state index in [2.05, 4.69) is 66.5 Å². The lowest BCUT2D eigenvalue weighted by Gasteiger charge is -2.21. The van der Waals surface area contributed by atoms with Gasteiger partial charge in [-0.05, 0) is 17.7 Å². The molecule has 1 atom stereocenters. The molecule has 0 fully saturated rings. The molecule has 3 rings (SSSR count). The Balaban J connectivity index is 1.81. The summed E-state index contributed by atoms with van der Waals surface area (Å²) in [5.74, 6) is 0. The van der Waals surface area contributed by atoms with Crippen molar-refractivity contribution in [3.8, 4) is 0 Å². The lowest BCUT2D eigenvalue weighted by molar-refractivity contribution is 0.833. The normalized spacial score (nSPS) is 18.2. The van der Waals surface area contributed by atoms with Crippen molar-refractivity contribution < 1.29 is 0 Å². The van der Waals surface area contributed by atoms with E-state index in [0.717, 1.165) is 6.42 Å². The Labute approximate surface area is 106 Å². The van der Waals surface area contributed by atoms with Crippen LogP contribution in [0.3, 0.4) is 0 Å². The fraction of sp³-hybridized carbons (Fsp3) is 0.200. The van der Waals surface area contributed by atoms with Gasteiger partial charge in [-0.15, -0.1) is 0 Å². The van der Waals surface area contributed by atoms with Crippen molar-refractivity contribution in [3.63, 3.8) is 0 Å². The minimum absolute atomic E-state index is 0.523. The summed E-state index contributed by atoms with van der Waals surface area (Å²) in [6, 6.07) is 19.4. The zero-order valence-corrected chi connectivity index (χ0v) is 10.7. The van der Waals surface area contributed by atoms with E-state index in [1.165, 1.54) is 16.1 Å². The highest BCUT2D eigenvalue weighted by atomic mass is 32.2. The molecular weight excluding hydrogens is 226 g/mol. The van der Waals surface area contributed by atoms with Crippen LogP contribution in [0.15, 0.2) is 59.5 Å². The van der Waals surface area contributed by atoms with Gasteiger partial charge in [0.1, 0.15) is 0 Å². The molecule has 17 heavy (non-hydrogen) atoms. The van der Waals surface area contributed by atoms with E-state index >= 15 is 0 Å². The summed E-state index contributed by atoms with van der Waals surface area (Å²) in [7, 11) is 2.19. The number of fused-ring (bicyclic) bond motifs is 1. The van der Waals surface area contributed by atoms with Crippen LogP contribution in [0, 0.1) is 0 Å². The highest BCUT2D eigenvalue weighted by molar-refractivity contribution is 8.00. The Bertz CT molecular complexity index is 509. The summed E-state index contributed by atoms with van der Waals surface area (Å²) in [5.41, 5.74) is 2.77. The first-order valence-electron chi connectivity index (χ1n) is 5.87. The number of hydrogen-bond acceptors (Lipinski definition) is 2. The molecule has 1 aliphatic rings. The molecule has 86 valence electrons. The fourth-order valence-corrected chi connectivity index (χ4v) is 3.55. The van der Waals surface area contributed by atoms with E-state index in [4.69, 9.17) is 0 Å². The van der Waals surface area contributed by atoms with Crippen LogP contribution in [0.25, 0.3) is 0 Å². The maximum atomic E-state index is 2.38. The molecule has 1 heterocycles. The maximum absolute atomic E-state index is 2.38. The molecule has 0 unspecified atom stereocenters. The van der Waals surface area contributed by atoms with E-state index in [1.807, 2.05) is 11.8 Å². The van der Waals surface area contributed by atoms with Gasteiger partial charge in [-0.2, -0.15) is 0 Å². The zero-order valence-electron chi connectivity index (χ0n) is 9.84. The summed E-state index contributed by atoms with van der Waals surface area (Å²) in [4.78, 5) is 3.78. The minimum Gasteiger partial charge on any atom is -0.361 e.